The summed E-state index contributed by atoms with van der Waals surface area (Å²) in [6.07, 6.45) is 0. The van der Waals surface area contributed by atoms with E-state index in [4.69, 9.17) is 5.73 Å². The Hall–Kier alpha value is -0.540. The predicted octanol–water partition coefficient (Wildman–Crippen LogP) is 2.09. The van der Waals surface area contributed by atoms with E-state index in [9.17, 15) is 0 Å². The minimum Gasteiger partial charge on any atom is -0.398 e. The third-order valence-electron chi connectivity index (χ3n) is 1.56. The highest BCUT2D eigenvalue weighted by molar-refractivity contribution is 9.10. The number of benzene rings is 1. The summed E-state index contributed by atoms with van der Waals surface area (Å²) in [6, 6.07) is 6.01. The van der Waals surface area contributed by atoms with Crippen LogP contribution in [0.3, 0.4) is 0 Å². The number of rotatable bonds is 2. The van der Waals surface area contributed by atoms with Crippen molar-refractivity contribution in [2.75, 3.05) is 19.8 Å². The molecule has 0 amide bonds. The summed E-state index contributed by atoms with van der Waals surface area (Å²) in [7, 11) is 4.09. The maximum Gasteiger partial charge on any atom is 0.0458 e. The van der Waals surface area contributed by atoms with Gasteiger partial charge in [0.15, 0.2) is 0 Å². The molecule has 0 bridgehead atoms. The molecule has 12 heavy (non-hydrogen) atoms. The van der Waals surface area contributed by atoms with Gasteiger partial charge in [0.2, 0.25) is 0 Å². The predicted molar refractivity (Wildman–Crippen MR) is 55.9 cm³/mol. The van der Waals surface area contributed by atoms with Crippen molar-refractivity contribution in [2.45, 2.75) is 6.54 Å². The minimum absolute atomic E-state index is 0.789. The lowest BCUT2D eigenvalue weighted by atomic mass is 10.2. The van der Waals surface area contributed by atoms with E-state index in [-0.39, 0.29) is 0 Å². The van der Waals surface area contributed by atoms with Crippen molar-refractivity contribution in [1.29, 1.82) is 0 Å². The van der Waals surface area contributed by atoms with Gasteiger partial charge in [0.1, 0.15) is 0 Å². The first-order chi connectivity index (χ1) is 5.59. The average molecular weight is 229 g/mol. The SMILES string of the molecule is CN(C)Cc1ccc(N)c(Br)c1. The Morgan fingerprint density at radius 1 is 1.42 bits per heavy atom. The van der Waals surface area contributed by atoms with Crippen LogP contribution < -0.4 is 5.73 Å². The molecule has 0 unspecified atom stereocenters. The summed E-state index contributed by atoms with van der Waals surface area (Å²) in [6.45, 7) is 0.943. The first-order valence-corrected chi connectivity index (χ1v) is 4.57. The summed E-state index contributed by atoms with van der Waals surface area (Å²) in [5.74, 6) is 0. The fourth-order valence-corrected chi connectivity index (χ4v) is 1.46. The lowest BCUT2D eigenvalue weighted by molar-refractivity contribution is 0.402. The zero-order valence-corrected chi connectivity index (χ0v) is 8.93. The van der Waals surface area contributed by atoms with Gasteiger partial charge in [-0.25, -0.2) is 0 Å². The minimum atomic E-state index is 0.789. The van der Waals surface area contributed by atoms with Gasteiger partial charge in [-0.2, -0.15) is 0 Å². The van der Waals surface area contributed by atoms with Crippen molar-refractivity contribution in [3.05, 3.63) is 28.2 Å². The topological polar surface area (TPSA) is 29.3 Å². The number of anilines is 1. The summed E-state index contributed by atoms with van der Waals surface area (Å²) in [4.78, 5) is 2.12. The lowest BCUT2D eigenvalue weighted by Gasteiger charge is -2.10. The van der Waals surface area contributed by atoms with E-state index in [1.54, 1.807) is 0 Å². The van der Waals surface area contributed by atoms with Crippen LogP contribution in [0.5, 0.6) is 0 Å². The van der Waals surface area contributed by atoms with Crippen LogP contribution in [0.2, 0.25) is 0 Å². The van der Waals surface area contributed by atoms with Gasteiger partial charge in [0.25, 0.3) is 0 Å². The van der Waals surface area contributed by atoms with Crippen molar-refractivity contribution in [3.63, 3.8) is 0 Å². The zero-order chi connectivity index (χ0) is 9.14. The first kappa shape index (κ1) is 9.55. The quantitative estimate of drug-likeness (QED) is 0.787. The fourth-order valence-electron chi connectivity index (χ4n) is 1.03. The lowest BCUT2D eigenvalue weighted by Crippen LogP contribution is -2.10. The van der Waals surface area contributed by atoms with Crippen LogP contribution in [0, 0.1) is 0 Å². The van der Waals surface area contributed by atoms with Gasteiger partial charge in [-0.3, -0.25) is 0 Å². The molecule has 0 saturated heterocycles. The van der Waals surface area contributed by atoms with Gasteiger partial charge in [0.05, 0.1) is 0 Å². The van der Waals surface area contributed by atoms with Crippen LogP contribution >= 0.6 is 15.9 Å². The first-order valence-electron chi connectivity index (χ1n) is 3.78. The Morgan fingerprint density at radius 3 is 2.58 bits per heavy atom. The van der Waals surface area contributed by atoms with E-state index in [0.29, 0.717) is 0 Å². The molecule has 66 valence electrons. The van der Waals surface area contributed by atoms with Gasteiger partial charge >= 0.3 is 0 Å². The van der Waals surface area contributed by atoms with Gasteiger partial charge in [-0.1, -0.05) is 6.07 Å². The Labute approximate surface area is 81.5 Å². The monoisotopic (exact) mass is 228 g/mol. The third-order valence-corrected chi connectivity index (χ3v) is 2.25. The number of nitrogen functional groups attached to an aromatic ring is 1. The highest BCUT2D eigenvalue weighted by atomic mass is 79.9. The molecule has 0 fully saturated rings. The molecule has 1 rings (SSSR count). The molecular weight excluding hydrogens is 216 g/mol. The number of hydrogen-bond donors (Lipinski definition) is 1. The standard InChI is InChI=1S/C9H13BrN2/c1-12(2)6-7-3-4-9(11)8(10)5-7/h3-5H,6,11H2,1-2H3. The Kier molecular flexibility index (Phi) is 3.12. The molecule has 0 aliphatic carbocycles. The Morgan fingerprint density at radius 2 is 2.08 bits per heavy atom. The molecule has 2 nitrogen and oxygen atoms in total. The van der Waals surface area contributed by atoms with Crippen molar-refractivity contribution in [2.24, 2.45) is 0 Å². The molecule has 1 aromatic rings. The normalized spacial score (nSPS) is 10.7. The summed E-state index contributed by atoms with van der Waals surface area (Å²) in [5.41, 5.74) is 7.71. The van der Waals surface area contributed by atoms with Crippen molar-refractivity contribution >= 4 is 21.6 Å². The second kappa shape index (κ2) is 3.92. The molecule has 0 saturated carbocycles. The van der Waals surface area contributed by atoms with Crippen LogP contribution in [0.25, 0.3) is 0 Å². The largest absolute Gasteiger partial charge is 0.398 e. The summed E-state index contributed by atoms with van der Waals surface area (Å²) in [5, 5.41) is 0. The molecule has 0 heterocycles. The fraction of sp³-hybridized carbons (Fsp3) is 0.333. The van der Waals surface area contributed by atoms with E-state index in [2.05, 4.69) is 26.9 Å². The van der Waals surface area contributed by atoms with Crippen LogP contribution in [-0.4, -0.2) is 19.0 Å². The smallest absolute Gasteiger partial charge is 0.0458 e. The number of nitrogens with zero attached hydrogens (tertiary/aromatic N) is 1. The van der Waals surface area contributed by atoms with Crippen LogP contribution in [-0.2, 0) is 6.54 Å². The zero-order valence-electron chi connectivity index (χ0n) is 7.34. The van der Waals surface area contributed by atoms with Crippen LogP contribution in [0.1, 0.15) is 5.56 Å². The molecule has 0 aliphatic heterocycles. The number of halogens is 1. The molecule has 0 radical (unpaired) electrons. The van der Waals surface area contributed by atoms with E-state index in [1.165, 1.54) is 5.56 Å². The molecular formula is C9H13BrN2. The third kappa shape index (κ3) is 2.50. The van der Waals surface area contributed by atoms with E-state index >= 15 is 0 Å². The molecule has 0 aliphatic rings. The molecule has 0 spiro atoms. The second-order valence-electron chi connectivity index (χ2n) is 3.09. The highest BCUT2D eigenvalue weighted by Gasteiger charge is 1.98. The average Bonchev–Trinajstić information content (AvgIpc) is 1.96. The van der Waals surface area contributed by atoms with Gasteiger partial charge in [-0.15, -0.1) is 0 Å². The van der Waals surface area contributed by atoms with Crippen molar-refractivity contribution in [1.82, 2.24) is 4.90 Å². The molecule has 2 N–H and O–H groups in total. The molecule has 0 atom stereocenters. The van der Waals surface area contributed by atoms with Crippen molar-refractivity contribution in [3.8, 4) is 0 Å². The van der Waals surface area contributed by atoms with E-state index < -0.39 is 0 Å². The number of hydrogen-bond acceptors (Lipinski definition) is 2. The Bertz CT molecular complexity index is 271. The van der Waals surface area contributed by atoms with Gasteiger partial charge < -0.3 is 10.6 Å². The number of nitrogens with two attached hydrogens (primary N) is 1. The maximum atomic E-state index is 5.66. The molecule has 0 aromatic heterocycles. The Balaban J connectivity index is 2.82. The highest BCUT2D eigenvalue weighted by Crippen LogP contribution is 2.20. The molecule has 3 heteroatoms. The van der Waals surface area contributed by atoms with Gasteiger partial charge in [0, 0.05) is 16.7 Å². The maximum absolute atomic E-state index is 5.66. The van der Waals surface area contributed by atoms with Gasteiger partial charge in [-0.05, 0) is 47.7 Å². The van der Waals surface area contributed by atoms with E-state index in [0.717, 1.165) is 16.7 Å². The summed E-state index contributed by atoms with van der Waals surface area (Å²) >= 11 is 3.39. The van der Waals surface area contributed by atoms with Crippen LogP contribution in [0.4, 0.5) is 5.69 Å². The van der Waals surface area contributed by atoms with E-state index in [1.807, 2.05) is 26.2 Å². The molecule has 1 aromatic carbocycles. The summed E-state index contributed by atoms with van der Waals surface area (Å²) < 4.78 is 0.974. The van der Waals surface area contributed by atoms with Crippen molar-refractivity contribution < 1.29 is 0 Å². The second-order valence-corrected chi connectivity index (χ2v) is 3.95. The van der Waals surface area contributed by atoms with Crippen LogP contribution in [0.15, 0.2) is 22.7 Å².